The van der Waals surface area contributed by atoms with Crippen LogP contribution in [-0.4, -0.2) is 29.7 Å². The van der Waals surface area contributed by atoms with Crippen molar-refractivity contribution in [2.24, 2.45) is 0 Å². The molecule has 31 heavy (non-hydrogen) atoms. The van der Waals surface area contributed by atoms with E-state index in [1.165, 1.54) is 62.0 Å². The number of hydrogen-bond acceptors (Lipinski definition) is 5. The molecule has 0 amide bonds. The maximum absolute atomic E-state index is 13.7. The monoisotopic (exact) mass is 445 g/mol. The average Bonchev–Trinajstić information content (AvgIpc) is 2.79. The number of halogens is 1. The molecule has 0 aliphatic heterocycles. The van der Waals surface area contributed by atoms with Crippen LogP contribution in [0.1, 0.15) is 18.5 Å². The highest BCUT2D eigenvalue weighted by Crippen LogP contribution is 2.38. The fraction of sp³-hybridized carbons (Fsp3) is 0.217. The molecule has 0 aliphatic rings. The Labute approximate surface area is 181 Å². The highest BCUT2D eigenvalue weighted by atomic mass is 32.2. The lowest BCUT2D eigenvalue weighted by molar-refractivity contribution is 0.396. The van der Waals surface area contributed by atoms with Crippen molar-refractivity contribution in [3.8, 4) is 17.2 Å². The van der Waals surface area contributed by atoms with Crippen LogP contribution in [0, 0.1) is 5.82 Å². The first kappa shape index (κ1) is 22.4. The van der Waals surface area contributed by atoms with Crippen molar-refractivity contribution in [1.82, 2.24) is 0 Å². The van der Waals surface area contributed by atoms with Crippen molar-refractivity contribution in [3.05, 3.63) is 78.1 Å². The Kier molecular flexibility index (Phi) is 6.70. The second-order valence-electron chi connectivity index (χ2n) is 6.74. The number of rotatable bonds is 8. The summed E-state index contributed by atoms with van der Waals surface area (Å²) in [7, 11) is 0.522. The smallest absolute Gasteiger partial charge is 0.264 e. The molecular weight excluding hydrogens is 421 g/mol. The van der Waals surface area contributed by atoms with E-state index in [2.05, 4.69) is 0 Å². The largest absolute Gasteiger partial charge is 0.497 e. The lowest BCUT2D eigenvalue weighted by Crippen LogP contribution is -2.34. The quantitative estimate of drug-likeness (QED) is 0.498. The van der Waals surface area contributed by atoms with Crippen molar-refractivity contribution in [3.63, 3.8) is 0 Å². The second-order valence-corrected chi connectivity index (χ2v) is 8.55. The minimum atomic E-state index is -4.02. The van der Waals surface area contributed by atoms with Crippen LogP contribution in [0.5, 0.6) is 17.2 Å². The molecule has 1 unspecified atom stereocenters. The van der Waals surface area contributed by atoms with E-state index in [9.17, 15) is 12.8 Å². The maximum Gasteiger partial charge on any atom is 0.264 e. The van der Waals surface area contributed by atoms with Gasteiger partial charge < -0.3 is 14.2 Å². The molecule has 3 aromatic carbocycles. The van der Waals surface area contributed by atoms with Gasteiger partial charge in [-0.15, -0.1) is 0 Å². The fourth-order valence-electron chi connectivity index (χ4n) is 3.31. The van der Waals surface area contributed by atoms with Gasteiger partial charge in [-0.3, -0.25) is 4.31 Å². The summed E-state index contributed by atoms with van der Waals surface area (Å²) in [5, 5.41) is 0. The molecule has 0 bridgehead atoms. The van der Waals surface area contributed by atoms with Gasteiger partial charge in [-0.2, -0.15) is 0 Å². The van der Waals surface area contributed by atoms with Crippen LogP contribution in [0.4, 0.5) is 10.1 Å². The lowest BCUT2D eigenvalue weighted by Gasteiger charge is -2.32. The number of hydrogen-bond donors (Lipinski definition) is 0. The molecule has 0 heterocycles. The van der Waals surface area contributed by atoms with Crippen molar-refractivity contribution in [2.75, 3.05) is 25.6 Å². The molecule has 6 nitrogen and oxygen atoms in total. The van der Waals surface area contributed by atoms with Crippen molar-refractivity contribution >= 4 is 15.7 Å². The van der Waals surface area contributed by atoms with Gasteiger partial charge in [0.1, 0.15) is 23.1 Å². The number of benzene rings is 3. The van der Waals surface area contributed by atoms with Gasteiger partial charge in [0.25, 0.3) is 10.0 Å². The second kappa shape index (κ2) is 9.26. The topological polar surface area (TPSA) is 65.1 Å². The van der Waals surface area contributed by atoms with Crippen LogP contribution in [0.2, 0.25) is 0 Å². The van der Waals surface area contributed by atoms with Gasteiger partial charge >= 0.3 is 0 Å². The normalized spacial score (nSPS) is 12.2. The lowest BCUT2D eigenvalue weighted by atomic mass is 10.1. The minimum absolute atomic E-state index is 0.0753. The molecular formula is C23H24FNO5S. The Morgan fingerprint density at radius 2 is 1.39 bits per heavy atom. The molecule has 164 valence electrons. The van der Waals surface area contributed by atoms with Gasteiger partial charge in [0.2, 0.25) is 0 Å². The van der Waals surface area contributed by atoms with Gasteiger partial charge in [0, 0.05) is 5.56 Å². The first-order valence-corrected chi connectivity index (χ1v) is 10.9. The number of methoxy groups -OCH3 is 3. The third kappa shape index (κ3) is 4.59. The molecule has 0 radical (unpaired) electrons. The van der Waals surface area contributed by atoms with Crippen LogP contribution < -0.4 is 18.5 Å². The summed E-state index contributed by atoms with van der Waals surface area (Å²) in [5.74, 6) is 1.14. The van der Waals surface area contributed by atoms with Crippen LogP contribution in [-0.2, 0) is 10.0 Å². The zero-order chi connectivity index (χ0) is 22.6. The van der Waals surface area contributed by atoms with E-state index in [0.29, 0.717) is 28.5 Å². The van der Waals surface area contributed by atoms with E-state index >= 15 is 0 Å². The van der Waals surface area contributed by atoms with Gasteiger partial charge in [0.05, 0.1) is 38.0 Å². The van der Waals surface area contributed by atoms with Crippen LogP contribution >= 0.6 is 0 Å². The van der Waals surface area contributed by atoms with E-state index in [0.717, 1.165) is 0 Å². The molecule has 0 aliphatic carbocycles. The fourth-order valence-corrected chi connectivity index (χ4v) is 4.95. The minimum Gasteiger partial charge on any atom is -0.497 e. The van der Waals surface area contributed by atoms with Gasteiger partial charge in [-0.25, -0.2) is 12.8 Å². The highest BCUT2D eigenvalue weighted by molar-refractivity contribution is 7.92. The first-order valence-electron chi connectivity index (χ1n) is 9.47. The van der Waals surface area contributed by atoms with Crippen molar-refractivity contribution < 1.29 is 27.0 Å². The molecule has 0 fully saturated rings. The van der Waals surface area contributed by atoms with Gasteiger partial charge in [-0.05, 0) is 73.7 Å². The van der Waals surface area contributed by atoms with Crippen LogP contribution in [0.25, 0.3) is 0 Å². The molecule has 0 N–H and O–H groups in total. The summed E-state index contributed by atoms with van der Waals surface area (Å²) in [6, 6.07) is 15.9. The summed E-state index contributed by atoms with van der Waals surface area (Å²) in [6.07, 6.45) is 0. The SMILES string of the molecule is COc1ccc(S(=O)(=O)N(c2ccc(F)cc2)C(C)c2cc(OC)ccc2OC)cc1. The van der Waals surface area contributed by atoms with Crippen LogP contribution in [0.3, 0.4) is 0 Å². The van der Waals surface area contributed by atoms with Crippen molar-refractivity contribution in [1.29, 1.82) is 0 Å². The number of anilines is 1. The molecule has 3 rings (SSSR count). The Balaban J connectivity index is 2.18. The van der Waals surface area contributed by atoms with E-state index in [-0.39, 0.29) is 4.90 Å². The van der Waals surface area contributed by atoms with Crippen LogP contribution in [0.15, 0.2) is 71.6 Å². The Morgan fingerprint density at radius 1 is 0.806 bits per heavy atom. The average molecular weight is 446 g/mol. The Morgan fingerprint density at radius 3 is 1.94 bits per heavy atom. The zero-order valence-electron chi connectivity index (χ0n) is 17.7. The number of nitrogens with zero attached hydrogens (tertiary/aromatic N) is 1. The third-order valence-corrected chi connectivity index (χ3v) is 6.85. The van der Waals surface area contributed by atoms with Gasteiger partial charge in [0.15, 0.2) is 0 Å². The molecule has 3 aromatic rings. The van der Waals surface area contributed by atoms with Crippen molar-refractivity contribution in [2.45, 2.75) is 17.9 Å². The molecule has 8 heteroatoms. The third-order valence-electron chi connectivity index (χ3n) is 4.94. The highest BCUT2D eigenvalue weighted by Gasteiger charge is 2.32. The number of ether oxygens (including phenoxy) is 3. The predicted octanol–water partition coefficient (Wildman–Crippen LogP) is 4.81. The molecule has 0 spiro atoms. The summed E-state index contributed by atoms with van der Waals surface area (Å²) in [4.78, 5) is 0.0753. The Bertz CT molecular complexity index is 1130. The molecule has 1 atom stereocenters. The summed E-state index contributed by atoms with van der Waals surface area (Å²) in [5.41, 5.74) is 0.915. The molecule has 0 aromatic heterocycles. The number of sulfonamides is 1. The molecule has 0 saturated carbocycles. The first-order chi connectivity index (χ1) is 14.8. The van der Waals surface area contributed by atoms with Gasteiger partial charge in [-0.1, -0.05) is 0 Å². The summed E-state index contributed by atoms with van der Waals surface area (Å²) >= 11 is 0. The van der Waals surface area contributed by atoms with E-state index in [1.54, 1.807) is 37.3 Å². The maximum atomic E-state index is 13.7. The summed E-state index contributed by atoms with van der Waals surface area (Å²) in [6.45, 7) is 1.74. The predicted molar refractivity (Wildman–Crippen MR) is 117 cm³/mol. The van der Waals surface area contributed by atoms with E-state index < -0.39 is 21.9 Å². The Hall–Kier alpha value is -3.26. The summed E-state index contributed by atoms with van der Waals surface area (Å²) < 4.78 is 58.1. The van der Waals surface area contributed by atoms with E-state index in [4.69, 9.17) is 14.2 Å². The molecule has 0 saturated heterocycles. The standard InChI is InChI=1S/C23H24FNO5S/c1-16(22-15-20(29-3)11-14-23(22)30-4)25(18-7-5-17(24)6-8-18)31(26,27)21-12-9-19(28-2)10-13-21/h5-16H,1-4H3. The zero-order valence-corrected chi connectivity index (χ0v) is 18.5. The van der Waals surface area contributed by atoms with E-state index in [1.807, 2.05) is 0 Å².